The van der Waals surface area contributed by atoms with E-state index in [1.54, 1.807) is 0 Å². The first-order valence-electron chi connectivity index (χ1n) is 10.6. The van der Waals surface area contributed by atoms with Gasteiger partial charge in [0.2, 0.25) is 17.7 Å². The Hall–Kier alpha value is -1.85. The van der Waals surface area contributed by atoms with Crippen LogP contribution in [-0.4, -0.2) is 71.5 Å². The Morgan fingerprint density at radius 1 is 0.903 bits per heavy atom. The molecule has 4 unspecified atom stereocenters. The number of amides is 3. The fourth-order valence-electron chi connectivity index (χ4n) is 2.81. The summed E-state index contributed by atoms with van der Waals surface area (Å²) in [6.45, 7) is 5.71. The van der Waals surface area contributed by atoms with Gasteiger partial charge >= 0.3 is 5.97 Å². The predicted octanol–water partition coefficient (Wildman–Crippen LogP) is -0.199. The van der Waals surface area contributed by atoms with Gasteiger partial charge in [0.25, 0.3) is 0 Å². The Morgan fingerprint density at radius 3 is 1.97 bits per heavy atom. The topological polar surface area (TPSA) is 177 Å². The van der Waals surface area contributed by atoms with Crippen molar-refractivity contribution in [3.8, 4) is 0 Å². The van der Waals surface area contributed by atoms with Crippen LogP contribution in [0.1, 0.15) is 52.9 Å². The third kappa shape index (κ3) is 12.6. The third-order valence-electron chi connectivity index (χ3n) is 4.61. The Kier molecular flexibility index (Phi) is 14.9. The summed E-state index contributed by atoms with van der Waals surface area (Å²) in [5.74, 6) is -1.88. The molecule has 0 fully saturated rings. The molecule has 0 rings (SSSR count). The molecule has 0 aromatic rings. The summed E-state index contributed by atoms with van der Waals surface area (Å²) >= 11 is 1.50. The average Bonchev–Trinajstić information content (AvgIpc) is 2.69. The van der Waals surface area contributed by atoms with Gasteiger partial charge in [-0.25, -0.2) is 0 Å². The maximum Gasteiger partial charge on any atom is 0.325 e. The molecule has 0 spiro atoms. The van der Waals surface area contributed by atoms with Crippen LogP contribution < -0.4 is 27.4 Å². The zero-order valence-electron chi connectivity index (χ0n) is 19.0. The van der Waals surface area contributed by atoms with Crippen molar-refractivity contribution in [1.82, 2.24) is 16.0 Å². The second kappa shape index (κ2) is 15.9. The highest BCUT2D eigenvalue weighted by Crippen LogP contribution is 2.07. The first-order chi connectivity index (χ1) is 14.5. The standard InChI is InChI=1S/C20H39N5O5S/c1-12(2)11-14(22)17(26)24-15(7-5-6-9-21)19(28)25-16(8-10-31-4)18(27)23-13(3)20(29)30/h12-16H,5-11,21-22H2,1-4H3,(H,23,27)(H,24,26)(H,25,28)(H,29,30). The van der Waals surface area contributed by atoms with Crippen LogP contribution in [0.4, 0.5) is 0 Å². The highest BCUT2D eigenvalue weighted by atomic mass is 32.2. The van der Waals surface area contributed by atoms with Gasteiger partial charge in [-0.3, -0.25) is 19.2 Å². The van der Waals surface area contributed by atoms with Crippen LogP contribution in [0.15, 0.2) is 0 Å². The SMILES string of the molecule is CSCCC(NC(=O)C(CCCCN)NC(=O)C(N)CC(C)C)C(=O)NC(C)C(=O)O. The molecule has 0 saturated heterocycles. The molecule has 0 heterocycles. The molecule has 0 bridgehead atoms. The molecular weight excluding hydrogens is 422 g/mol. The summed E-state index contributed by atoms with van der Waals surface area (Å²) in [7, 11) is 0. The van der Waals surface area contributed by atoms with Crippen LogP contribution in [-0.2, 0) is 19.2 Å². The van der Waals surface area contributed by atoms with E-state index in [-0.39, 0.29) is 5.92 Å². The fraction of sp³-hybridized carbons (Fsp3) is 0.800. The van der Waals surface area contributed by atoms with Crippen molar-refractivity contribution in [1.29, 1.82) is 0 Å². The molecule has 4 atom stereocenters. The van der Waals surface area contributed by atoms with Gasteiger partial charge in [-0.05, 0) is 63.5 Å². The average molecular weight is 462 g/mol. The molecule has 11 heteroatoms. The van der Waals surface area contributed by atoms with Gasteiger partial charge < -0.3 is 32.5 Å². The van der Waals surface area contributed by atoms with Crippen LogP contribution in [0.5, 0.6) is 0 Å². The molecule has 0 aromatic carbocycles. The van der Waals surface area contributed by atoms with Crippen LogP contribution in [0.25, 0.3) is 0 Å². The van der Waals surface area contributed by atoms with Crippen LogP contribution in [0, 0.1) is 5.92 Å². The van der Waals surface area contributed by atoms with Gasteiger partial charge in [0.1, 0.15) is 18.1 Å². The van der Waals surface area contributed by atoms with Gasteiger partial charge in [-0.15, -0.1) is 0 Å². The minimum absolute atomic E-state index is 0.223. The highest BCUT2D eigenvalue weighted by molar-refractivity contribution is 7.98. The summed E-state index contributed by atoms with van der Waals surface area (Å²) in [5.41, 5.74) is 11.5. The Balaban J connectivity index is 5.28. The van der Waals surface area contributed by atoms with Crippen LogP contribution >= 0.6 is 11.8 Å². The van der Waals surface area contributed by atoms with Gasteiger partial charge in [0.15, 0.2) is 0 Å². The number of carbonyl (C=O) groups is 4. The number of carbonyl (C=O) groups excluding carboxylic acids is 3. The largest absolute Gasteiger partial charge is 0.480 e. The number of carboxylic acid groups (broad SMARTS) is 1. The quantitative estimate of drug-likeness (QED) is 0.171. The molecule has 180 valence electrons. The van der Waals surface area contributed by atoms with Crippen LogP contribution in [0.3, 0.4) is 0 Å². The normalized spacial score (nSPS) is 14.9. The number of nitrogens with two attached hydrogens (primary N) is 2. The molecule has 0 aromatic heterocycles. The lowest BCUT2D eigenvalue weighted by molar-refractivity contribution is -0.141. The zero-order chi connectivity index (χ0) is 24.0. The number of thioether (sulfide) groups is 1. The minimum atomic E-state index is -1.17. The highest BCUT2D eigenvalue weighted by Gasteiger charge is 2.29. The van der Waals surface area contributed by atoms with Crippen molar-refractivity contribution in [2.45, 2.75) is 77.0 Å². The van der Waals surface area contributed by atoms with E-state index in [1.165, 1.54) is 18.7 Å². The van der Waals surface area contributed by atoms with Crippen molar-refractivity contribution in [2.75, 3.05) is 18.6 Å². The van der Waals surface area contributed by atoms with Gasteiger partial charge in [0, 0.05) is 0 Å². The molecule has 31 heavy (non-hydrogen) atoms. The maximum atomic E-state index is 12.9. The first kappa shape index (κ1) is 29.1. The summed E-state index contributed by atoms with van der Waals surface area (Å²) in [6.07, 6.45) is 4.32. The molecule has 0 saturated carbocycles. The Morgan fingerprint density at radius 2 is 1.45 bits per heavy atom. The van der Waals surface area contributed by atoms with Gasteiger partial charge in [-0.2, -0.15) is 11.8 Å². The number of hydrogen-bond acceptors (Lipinski definition) is 7. The number of hydrogen-bond donors (Lipinski definition) is 6. The smallest absolute Gasteiger partial charge is 0.325 e. The second-order valence-corrected chi connectivity index (χ2v) is 8.98. The van der Waals surface area contributed by atoms with Crippen LogP contribution in [0.2, 0.25) is 0 Å². The second-order valence-electron chi connectivity index (χ2n) is 7.99. The molecular formula is C20H39N5O5S. The molecule has 8 N–H and O–H groups in total. The number of aliphatic carboxylic acids is 1. The minimum Gasteiger partial charge on any atom is -0.480 e. The predicted molar refractivity (Wildman–Crippen MR) is 122 cm³/mol. The van der Waals surface area contributed by atoms with E-state index >= 15 is 0 Å². The molecule has 10 nitrogen and oxygen atoms in total. The van der Waals surface area contributed by atoms with E-state index in [2.05, 4.69) is 16.0 Å². The van der Waals surface area contributed by atoms with Crippen molar-refractivity contribution in [2.24, 2.45) is 17.4 Å². The van der Waals surface area contributed by atoms with E-state index in [9.17, 15) is 19.2 Å². The Labute approximate surface area is 189 Å². The maximum absolute atomic E-state index is 12.9. The summed E-state index contributed by atoms with van der Waals surface area (Å²) in [5, 5.41) is 16.8. The lowest BCUT2D eigenvalue weighted by Gasteiger charge is -2.25. The van der Waals surface area contributed by atoms with Gasteiger partial charge in [-0.1, -0.05) is 13.8 Å². The van der Waals surface area contributed by atoms with E-state index in [4.69, 9.17) is 16.6 Å². The number of carboxylic acids is 1. The zero-order valence-corrected chi connectivity index (χ0v) is 19.8. The first-order valence-corrected chi connectivity index (χ1v) is 12.0. The summed E-state index contributed by atoms with van der Waals surface area (Å²) in [4.78, 5) is 48.9. The molecule has 3 amide bonds. The van der Waals surface area contributed by atoms with E-state index in [1.807, 2.05) is 20.1 Å². The number of unbranched alkanes of at least 4 members (excludes halogenated alkanes) is 1. The van der Waals surface area contributed by atoms with Crippen molar-refractivity contribution >= 4 is 35.5 Å². The summed E-state index contributed by atoms with van der Waals surface area (Å²) < 4.78 is 0. The van der Waals surface area contributed by atoms with E-state index in [0.29, 0.717) is 44.4 Å². The summed E-state index contributed by atoms with van der Waals surface area (Å²) in [6, 6.07) is -3.61. The number of rotatable bonds is 16. The van der Waals surface area contributed by atoms with E-state index < -0.39 is 47.9 Å². The van der Waals surface area contributed by atoms with E-state index in [0.717, 1.165) is 0 Å². The van der Waals surface area contributed by atoms with Crippen molar-refractivity contribution < 1.29 is 24.3 Å². The van der Waals surface area contributed by atoms with Gasteiger partial charge in [0.05, 0.1) is 6.04 Å². The fourth-order valence-corrected chi connectivity index (χ4v) is 3.28. The molecule has 0 radical (unpaired) electrons. The third-order valence-corrected chi connectivity index (χ3v) is 5.26. The number of nitrogens with one attached hydrogen (secondary N) is 3. The lowest BCUT2D eigenvalue weighted by atomic mass is 10.0. The van der Waals surface area contributed by atoms with Crippen molar-refractivity contribution in [3.05, 3.63) is 0 Å². The van der Waals surface area contributed by atoms with Crippen molar-refractivity contribution in [3.63, 3.8) is 0 Å². The lowest BCUT2D eigenvalue weighted by Crippen LogP contribution is -2.57. The molecule has 0 aliphatic heterocycles. The molecule has 0 aliphatic carbocycles. The Bertz CT molecular complexity index is 590. The molecule has 0 aliphatic rings. The monoisotopic (exact) mass is 461 g/mol.